The maximum atomic E-state index is 9.10. The van der Waals surface area contributed by atoms with Gasteiger partial charge >= 0.3 is 0 Å². The number of rotatable bonds is 3. The Balaban J connectivity index is 1.45. The molecule has 0 amide bonds. The third kappa shape index (κ3) is 3.16. The Labute approximate surface area is 153 Å². The first kappa shape index (κ1) is 16.6. The molecule has 0 bridgehead atoms. The third-order valence-corrected chi connectivity index (χ3v) is 5.16. The third-order valence-electron chi connectivity index (χ3n) is 5.16. The van der Waals surface area contributed by atoms with Crippen molar-refractivity contribution in [2.45, 2.75) is 19.9 Å². The van der Waals surface area contributed by atoms with Gasteiger partial charge in [0, 0.05) is 32.2 Å². The van der Waals surface area contributed by atoms with Crippen LogP contribution in [0.1, 0.15) is 29.7 Å². The summed E-state index contributed by atoms with van der Waals surface area (Å²) in [6.07, 6.45) is 0. The minimum atomic E-state index is 0.289. The minimum Gasteiger partial charge on any atom is -0.423 e. The fourth-order valence-electron chi connectivity index (χ4n) is 3.54. The smallest absolute Gasteiger partial charge is 0.298 e. The van der Waals surface area contributed by atoms with Crippen molar-refractivity contribution in [3.05, 3.63) is 59.2 Å². The van der Waals surface area contributed by atoms with Crippen molar-refractivity contribution < 1.29 is 4.42 Å². The molecule has 26 heavy (non-hydrogen) atoms. The molecule has 1 aliphatic rings. The molecule has 1 fully saturated rings. The number of nitrogens with zero attached hydrogens (tertiary/aromatic N) is 4. The van der Waals surface area contributed by atoms with Crippen LogP contribution in [0.2, 0.25) is 0 Å². The molecule has 0 N–H and O–H groups in total. The Morgan fingerprint density at radius 3 is 2.69 bits per heavy atom. The molecular formula is C21H22N4O. The number of fused-ring (bicyclic) bond motifs is 1. The number of aryl methyl sites for hydroxylation is 1. The van der Waals surface area contributed by atoms with Crippen LogP contribution in [0, 0.1) is 18.3 Å². The van der Waals surface area contributed by atoms with Crippen LogP contribution in [0.4, 0.5) is 6.01 Å². The van der Waals surface area contributed by atoms with Gasteiger partial charge in [-0.15, -0.1) is 0 Å². The van der Waals surface area contributed by atoms with Gasteiger partial charge in [-0.2, -0.15) is 10.2 Å². The second kappa shape index (κ2) is 6.81. The summed E-state index contributed by atoms with van der Waals surface area (Å²) in [4.78, 5) is 9.31. The van der Waals surface area contributed by atoms with Crippen molar-refractivity contribution in [1.82, 2.24) is 9.88 Å². The highest BCUT2D eigenvalue weighted by molar-refractivity contribution is 5.75. The number of piperazine rings is 1. The predicted molar refractivity (Wildman–Crippen MR) is 102 cm³/mol. The van der Waals surface area contributed by atoms with Gasteiger partial charge in [-0.3, -0.25) is 4.90 Å². The van der Waals surface area contributed by atoms with Gasteiger partial charge in [0.1, 0.15) is 5.52 Å². The second-order valence-electron chi connectivity index (χ2n) is 6.90. The van der Waals surface area contributed by atoms with Gasteiger partial charge in [-0.1, -0.05) is 18.2 Å². The summed E-state index contributed by atoms with van der Waals surface area (Å²) in [6.45, 7) is 7.91. The molecule has 5 heteroatoms. The van der Waals surface area contributed by atoms with E-state index < -0.39 is 0 Å². The lowest BCUT2D eigenvalue weighted by atomic mass is 10.0. The summed E-state index contributed by atoms with van der Waals surface area (Å²) in [5.41, 5.74) is 4.86. The fraction of sp³-hybridized carbons (Fsp3) is 0.333. The minimum absolute atomic E-state index is 0.289. The molecule has 1 saturated heterocycles. The molecule has 0 spiro atoms. The lowest BCUT2D eigenvalue weighted by Gasteiger charge is -2.37. The zero-order valence-electron chi connectivity index (χ0n) is 15.1. The van der Waals surface area contributed by atoms with Crippen LogP contribution in [0.25, 0.3) is 11.1 Å². The molecule has 4 rings (SSSR count). The molecule has 132 valence electrons. The Kier molecular flexibility index (Phi) is 4.36. The van der Waals surface area contributed by atoms with Gasteiger partial charge in [-0.25, -0.2) is 0 Å². The van der Waals surface area contributed by atoms with Crippen LogP contribution in [0.5, 0.6) is 0 Å². The van der Waals surface area contributed by atoms with Crippen LogP contribution in [-0.4, -0.2) is 36.1 Å². The summed E-state index contributed by atoms with van der Waals surface area (Å²) >= 11 is 0. The van der Waals surface area contributed by atoms with E-state index in [2.05, 4.69) is 46.8 Å². The zero-order chi connectivity index (χ0) is 18.1. The molecule has 5 nitrogen and oxygen atoms in total. The van der Waals surface area contributed by atoms with Gasteiger partial charge in [0.2, 0.25) is 0 Å². The van der Waals surface area contributed by atoms with E-state index in [0.717, 1.165) is 42.8 Å². The van der Waals surface area contributed by atoms with E-state index >= 15 is 0 Å². The molecule has 3 aromatic rings. The van der Waals surface area contributed by atoms with Crippen molar-refractivity contribution in [3.8, 4) is 6.07 Å². The van der Waals surface area contributed by atoms with Crippen molar-refractivity contribution in [2.24, 2.45) is 0 Å². The first-order valence-electron chi connectivity index (χ1n) is 9.00. The van der Waals surface area contributed by atoms with Crippen LogP contribution < -0.4 is 4.90 Å². The molecule has 2 heterocycles. The van der Waals surface area contributed by atoms with Crippen molar-refractivity contribution >= 4 is 17.1 Å². The summed E-state index contributed by atoms with van der Waals surface area (Å²) in [7, 11) is 0. The van der Waals surface area contributed by atoms with Crippen LogP contribution in [-0.2, 0) is 0 Å². The predicted octanol–water partition coefficient (Wildman–Crippen LogP) is 3.89. The molecule has 1 atom stereocenters. The first-order chi connectivity index (χ1) is 12.6. The highest BCUT2D eigenvalue weighted by Gasteiger charge is 2.24. The molecule has 0 saturated carbocycles. The maximum absolute atomic E-state index is 9.10. The summed E-state index contributed by atoms with van der Waals surface area (Å²) in [5.74, 6) is 0. The topological polar surface area (TPSA) is 56.3 Å². The molecule has 1 aromatic heterocycles. The Morgan fingerprint density at radius 2 is 1.92 bits per heavy atom. The maximum Gasteiger partial charge on any atom is 0.298 e. The van der Waals surface area contributed by atoms with Gasteiger partial charge in [0.15, 0.2) is 5.58 Å². The van der Waals surface area contributed by atoms with Gasteiger partial charge in [-0.05, 0) is 49.2 Å². The Hall–Kier alpha value is -2.84. The molecule has 0 aliphatic carbocycles. The van der Waals surface area contributed by atoms with Crippen molar-refractivity contribution in [3.63, 3.8) is 0 Å². The van der Waals surface area contributed by atoms with E-state index in [9.17, 15) is 0 Å². The number of anilines is 1. The Morgan fingerprint density at radius 1 is 1.12 bits per heavy atom. The van der Waals surface area contributed by atoms with E-state index in [4.69, 9.17) is 9.68 Å². The SMILES string of the molecule is Cc1ccc2oc(N3CCN(C(C)c4cccc(C#N)c4)CC3)nc2c1. The highest BCUT2D eigenvalue weighted by Crippen LogP contribution is 2.26. The average Bonchev–Trinajstić information content (AvgIpc) is 3.10. The van der Waals surface area contributed by atoms with Crippen LogP contribution in [0.3, 0.4) is 0 Å². The monoisotopic (exact) mass is 346 g/mol. The lowest BCUT2D eigenvalue weighted by Crippen LogP contribution is -2.47. The number of hydrogen-bond donors (Lipinski definition) is 0. The molecule has 1 aliphatic heterocycles. The quantitative estimate of drug-likeness (QED) is 0.720. The summed E-state index contributed by atoms with van der Waals surface area (Å²) in [5, 5.41) is 9.10. The normalized spacial score (nSPS) is 16.6. The number of hydrogen-bond acceptors (Lipinski definition) is 5. The van der Waals surface area contributed by atoms with E-state index in [0.29, 0.717) is 6.01 Å². The summed E-state index contributed by atoms with van der Waals surface area (Å²) in [6, 6.07) is 17.2. The molecule has 0 radical (unpaired) electrons. The lowest BCUT2D eigenvalue weighted by molar-refractivity contribution is 0.196. The summed E-state index contributed by atoms with van der Waals surface area (Å²) < 4.78 is 5.93. The number of benzene rings is 2. The largest absolute Gasteiger partial charge is 0.423 e. The van der Waals surface area contributed by atoms with Crippen molar-refractivity contribution in [2.75, 3.05) is 31.1 Å². The number of oxazole rings is 1. The highest BCUT2D eigenvalue weighted by atomic mass is 16.4. The molecule has 2 aromatic carbocycles. The number of nitriles is 1. The van der Waals surface area contributed by atoms with E-state index in [1.807, 2.05) is 30.3 Å². The zero-order valence-corrected chi connectivity index (χ0v) is 15.1. The first-order valence-corrected chi connectivity index (χ1v) is 9.00. The molecule has 1 unspecified atom stereocenters. The average molecular weight is 346 g/mol. The van der Waals surface area contributed by atoms with Gasteiger partial charge in [0.05, 0.1) is 11.6 Å². The van der Waals surface area contributed by atoms with Gasteiger partial charge in [0.25, 0.3) is 6.01 Å². The van der Waals surface area contributed by atoms with E-state index in [1.165, 1.54) is 11.1 Å². The van der Waals surface area contributed by atoms with E-state index in [-0.39, 0.29) is 6.04 Å². The fourth-order valence-corrected chi connectivity index (χ4v) is 3.54. The van der Waals surface area contributed by atoms with Gasteiger partial charge < -0.3 is 9.32 Å². The number of aromatic nitrogens is 1. The Bertz CT molecular complexity index is 964. The van der Waals surface area contributed by atoms with Crippen LogP contribution >= 0.6 is 0 Å². The second-order valence-corrected chi connectivity index (χ2v) is 6.90. The van der Waals surface area contributed by atoms with Crippen molar-refractivity contribution in [1.29, 1.82) is 5.26 Å². The van der Waals surface area contributed by atoms with Crippen LogP contribution in [0.15, 0.2) is 46.9 Å². The standard InChI is InChI=1S/C21H22N4O/c1-15-6-7-20-19(12-15)23-21(26-20)25-10-8-24(9-11-25)16(2)18-5-3-4-17(13-18)14-22/h3-7,12-13,16H,8-11H2,1-2H3. The molecular weight excluding hydrogens is 324 g/mol. The van der Waals surface area contributed by atoms with E-state index in [1.54, 1.807) is 0 Å².